The van der Waals surface area contributed by atoms with Gasteiger partial charge >= 0.3 is 18.0 Å². The van der Waals surface area contributed by atoms with Crippen LogP contribution < -0.4 is 5.69 Å². The zero-order valence-corrected chi connectivity index (χ0v) is 19.5. The quantitative estimate of drug-likeness (QED) is 0.400. The molecule has 1 fully saturated rings. The maximum Gasteiger partial charge on any atom is 0.416 e. The minimum Gasteiger partial charge on any atom is -0.367 e. The summed E-state index contributed by atoms with van der Waals surface area (Å²) in [6, 6.07) is 5.56. The third kappa shape index (κ3) is 5.75. The average molecular weight is 550 g/mol. The molecule has 1 aliphatic heterocycles. The molecule has 38 heavy (non-hydrogen) atoms. The molecule has 15 heteroatoms. The van der Waals surface area contributed by atoms with Crippen molar-refractivity contribution in [3.8, 4) is 0 Å². The predicted octanol–water partition coefficient (Wildman–Crippen LogP) is 4.06. The highest BCUT2D eigenvalue weighted by molar-refractivity contribution is 5.35. The van der Waals surface area contributed by atoms with Crippen LogP contribution in [0.5, 0.6) is 0 Å². The number of nitrogens with one attached hydrogen (secondary N) is 2. The fraction of sp³-hybridized carbons (Fsp3) is 0.391. The average Bonchev–Trinajstić information content (AvgIpc) is 3.25. The monoisotopic (exact) mass is 550 g/mol. The fourth-order valence-corrected chi connectivity index (χ4v) is 4.09. The van der Waals surface area contributed by atoms with Crippen molar-refractivity contribution >= 4 is 0 Å². The van der Waals surface area contributed by atoms with Crippen LogP contribution >= 0.6 is 0 Å². The Balaban J connectivity index is 1.72. The molecule has 0 spiro atoms. The van der Waals surface area contributed by atoms with Gasteiger partial charge in [0, 0.05) is 12.1 Å². The van der Waals surface area contributed by atoms with Crippen molar-refractivity contribution in [2.24, 2.45) is 0 Å². The first kappa shape index (κ1) is 27.8. The van der Waals surface area contributed by atoms with Crippen molar-refractivity contribution in [2.45, 2.75) is 43.9 Å². The Morgan fingerprint density at radius 2 is 1.74 bits per heavy atom. The SMILES string of the molecule is C[C@@H](O[C@H]1OCCN(Cc2n[nH]c(=O)[nH]2)[C@@]1(O)c1ccc(F)cc1)c1cc(C(F)(F)F)cc(C(F)(F)F)c1. The molecule has 3 N–H and O–H groups in total. The van der Waals surface area contributed by atoms with Gasteiger partial charge in [-0.3, -0.25) is 9.88 Å². The van der Waals surface area contributed by atoms with Crippen molar-refractivity contribution in [3.63, 3.8) is 0 Å². The van der Waals surface area contributed by atoms with E-state index in [9.17, 15) is 40.6 Å². The van der Waals surface area contributed by atoms with E-state index in [1.54, 1.807) is 0 Å². The van der Waals surface area contributed by atoms with Crippen LogP contribution in [0, 0.1) is 5.82 Å². The van der Waals surface area contributed by atoms with Gasteiger partial charge in [0.1, 0.15) is 11.6 Å². The van der Waals surface area contributed by atoms with Crippen LogP contribution in [-0.2, 0) is 34.1 Å². The van der Waals surface area contributed by atoms with Crippen LogP contribution in [0.2, 0.25) is 0 Å². The summed E-state index contributed by atoms with van der Waals surface area (Å²) in [5.74, 6) is -0.524. The third-order valence-corrected chi connectivity index (χ3v) is 6.01. The highest BCUT2D eigenvalue weighted by Gasteiger charge is 2.50. The summed E-state index contributed by atoms with van der Waals surface area (Å²) in [6.45, 7) is 0.991. The summed E-state index contributed by atoms with van der Waals surface area (Å²) in [5, 5.41) is 17.8. The van der Waals surface area contributed by atoms with Crippen LogP contribution in [0.1, 0.15) is 41.1 Å². The van der Waals surface area contributed by atoms with Gasteiger partial charge in [0.2, 0.25) is 6.29 Å². The lowest BCUT2D eigenvalue weighted by molar-refractivity contribution is -0.337. The van der Waals surface area contributed by atoms with Gasteiger partial charge < -0.3 is 14.6 Å². The number of benzene rings is 2. The Hall–Kier alpha value is -3.27. The molecule has 0 amide bonds. The van der Waals surface area contributed by atoms with Gasteiger partial charge in [-0.05, 0) is 42.8 Å². The van der Waals surface area contributed by atoms with E-state index in [0.29, 0.717) is 12.1 Å². The van der Waals surface area contributed by atoms with Gasteiger partial charge in [0.05, 0.1) is 30.4 Å². The first-order chi connectivity index (χ1) is 17.7. The minimum atomic E-state index is -5.07. The molecule has 0 radical (unpaired) electrons. The minimum absolute atomic E-state index is 0.00539. The molecule has 3 aromatic rings. The van der Waals surface area contributed by atoms with Gasteiger partial charge in [0.25, 0.3) is 0 Å². The highest BCUT2D eigenvalue weighted by Crippen LogP contribution is 2.41. The molecule has 1 aliphatic rings. The topological polar surface area (TPSA) is 103 Å². The van der Waals surface area contributed by atoms with Gasteiger partial charge in [-0.1, -0.05) is 12.1 Å². The molecule has 0 bridgehead atoms. The summed E-state index contributed by atoms with van der Waals surface area (Å²) in [4.78, 5) is 15.2. The first-order valence-electron chi connectivity index (χ1n) is 11.1. The number of aromatic nitrogens is 3. The maximum absolute atomic E-state index is 13.6. The van der Waals surface area contributed by atoms with Crippen LogP contribution in [0.15, 0.2) is 47.3 Å². The lowest BCUT2D eigenvalue weighted by Crippen LogP contribution is -2.60. The van der Waals surface area contributed by atoms with E-state index in [-0.39, 0.29) is 37.2 Å². The summed E-state index contributed by atoms with van der Waals surface area (Å²) < 4.78 is 105. The predicted molar refractivity (Wildman–Crippen MR) is 116 cm³/mol. The third-order valence-electron chi connectivity index (χ3n) is 6.01. The zero-order chi connectivity index (χ0) is 27.9. The lowest BCUT2D eigenvalue weighted by atomic mass is 9.97. The molecule has 1 saturated heterocycles. The Morgan fingerprint density at radius 1 is 1.13 bits per heavy atom. The number of nitrogens with zero attached hydrogens (tertiary/aromatic N) is 2. The summed E-state index contributed by atoms with van der Waals surface area (Å²) in [6.07, 6.45) is -13.2. The van der Waals surface area contributed by atoms with E-state index in [4.69, 9.17) is 9.47 Å². The van der Waals surface area contributed by atoms with E-state index in [0.717, 1.165) is 12.1 Å². The summed E-state index contributed by atoms with van der Waals surface area (Å²) in [7, 11) is 0. The molecule has 4 rings (SSSR count). The molecular formula is C23H21F7N4O4. The Labute approximate surface area is 210 Å². The zero-order valence-electron chi connectivity index (χ0n) is 19.5. The lowest BCUT2D eigenvalue weighted by Gasteiger charge is -2.48. The number of hydrogen-bond acceptors (Lipinski definition) is 6. The molecule has 0 saturated carbocycles. The number of H-pyrrole nitrogens is 2. The number of hydrogen-bond donors (Lipinski definition) is 3. The molecule has 8 nitrogen and oxygen atoms in total. The van der Waals surface area contributed by atoms with Crippen LogP contribution in [0.3, 0.4) is 0 Å². The Kier molecular flexibility index (Phi) is 7.40. The Bertz CT molecular complexity index is 1290. The number of rotatable bonds is 6. The number of morpholine rings is 1. The van der Waals surface area contributed by atoms with Crippen molar-refractivity contribution in [3.05, 3.63) is 86.8 Å². The number of ether oxygens (including phenoxy) is 2. The molecule has 206 valence electrons. The van der Waals surface area contributed by atoms with Crippen LogP contribution in [-0.4, -0.2) is 44.6 Å². The van der Waals surface area contributed by atoms with Gasteiger partial charge in [-0.15, -0.1) is 0 Å². The largest absolute Gasteiger partial charge is 0.416 e. The van der Waals surface area contributed by atoms with E-state index in [1.807, 2.05) is 0 Å². The molecule has 1 aromatic heterocycles. The number of halogens is 7. The fourth-order valence-electron chi connectivity index (χ4n) is 4.09. The van der Waals surface area contributed by atoms with E-state index in [1.165, 1.54) is 24.0 Å². The van der Waals surface area contributed by atoms with Crippen molar-refractivity contribution in [2.75, 3.05) is 13.2 Å². The van der Waals surface area contributed by atoms with E-state index in [2.05, 4.69) is 15.2 Å². The van der Waals surface area contributed by atoms with Crippen molar-refractivity contribution < 1.29 is 45.3 Å². The van der Waals surface area contributed by atoms with E-state index < -0.39 is 58.7 Å². The molecule has 0 aliphatic carbocycles. The van der Waals surface area contributed by atoms with Gasteiger partial charge in [-0.2, -0.15) is 31.4 Å². The standard InChI is InChI=1S/C23H21F7N4O4/c1-12(13-8-15(22(25,26)27)10-16(9-13)23(28,29)30)38-19-21(36,14-2-4-17(24)5-3-14)34(6-7-37-19)11-18-31-20(35)33-32-18/h2-5,8-10,12,19,36H,6-7,11H2,1H3,(H2,31,32,33,35)/t12-,19-,21-/m1/s1. The van der Waals surface area contributed by atoms with Crippen LogP contribution in [0.25, 0.3) is 0 Å². The van der Waals surface area contributed by atoms with Gasteiger partial charge in [-0.25, -0.2) is 14.3 Å². The normalized spacial score (nSPS) is 22.0. The van der Waals surface area contributed by atoms with Crippen molar-refractivity contribution in [1.29, 1.82) is 0 Å². The molecule has 0 unspecified atom stereocenters. The highest BCUT2D eigenvalue weighted by atomic mass is 19.4. The number of aromatic amines is 2. The first-order valence-corrected chi connectivity index (χ1v) is 11.1. The number of alkyl halides is 6. The second-order valence-electron chi connectivity index (χ2n) is 8.60. The second kappa shape index (κ2) is 10.1. The molecule has 2 aromatic carbocycles. The molecule has 2 heterocycles. The molecular weight excluding hydrogens is 529 g/mol. The van der Waals surface area contributed by atoms with Gasteiger partial charge in [0.15, 0.2) is 5.72 Å². The summed E-state index contributed by atoms with van der Waals surface area (Å²) in [5.41, 5.74) is -6.31. The number of aliphatic hydroxyl groups is 1. The Morgan fingerprint density at radius 3 is 2.26 bits per heavy atom. The maximum atomic E-state index is 13.6. The van der Waals surface area contributed by atoms with Crippen molar-refractivity contribution in [1.82, 2.24) is 20.1 Å². The van der Waals surface area contributed by atoms with Crippen LogP contribution in [0.4, 0.5) is 30.7 Å². The molecule has 3 atom stereocenters. The van der Waals surface area contributed by atoms with E-state index >= 15 is 0 Å². The smallest absolute Gasteiger partial charge is 0.367 e. The summed E-state index contributed by atoms with van der Waals surface area (Å²) >= 11 is 0. The second-order valence-corrected chi connectivity index (χ2v) is 8.60.